The van der Waals surface area contributed by atoms with Crippen LogP contribution in [0.15, 0.2) is 59.7 Å². The van der Waals surface area contributed by atoms with Gasteiger partial charge in [0.05, 0.1) is 17.6 Å². The van der Waals surface area contributed by atoms with Gasteiger partial charge in [-0.25, -0.2) is 4.79 Å². The van der Waals surface area contributed by atoms with Crippen LogP contribution in [0.2, 0.25) is 5.02 Å². The summed E-state index contributed by atoms with van der Waals surface area (Å²) in [5.74, 6) is -1.49. The Kier molecular flexibility index (Phi) is 4.59. The highest BCUT2D eigenvalue weighted by Gasteiger charge is 2.10. The highest BCUT2D eigenvalue weighted by Crippen LogP contribution is 2.24. The van der Waals surface area contributed by atoms with Gasteiger partial charge in [-0.05, 0) is 55.0 Å². The van der Waals surface area contributed by atoms with Crippen LogP contribution in [0.4, 0.5) is 5.69 Å². The quantitative estimate of drug-likeness (QED) is 0.673. The van der Waals surface area contributed by atoms with Crippen molar-refractivity contribution in [1.29, 1.82) is 0 Å². The number of aromatic carboxylic acids is 1. The van der Waals surface area contributed by atoms with E-state index in [2.05, 4.69) is 4.99 Å². The maximum absolute atomic E-state index is 11.1. The average molecular weight is 355 g/mol. The number of aryl methyl sites for hydroxylation is 1. The van der Waals surface area contributed by atoms with Crippen LogP contribution in [0.25, 0.3) is 5.69 Å². The number of benzene rings is 2. The largest absolute Gasteiger partial charge is 0.507 e. The average Bonchev–Trinajstić information content (AvgIpc) is 3.05. The van der Waals surface area contributed by atoms with E-state index in [0.29, 0.717) is 10.7 Å². The van der Waals surface area contributed by atoms with Gasteiger partial charge in [-0.15, -0.1) is 0 Å². The topological polar surface area (TPSA) is 74.8 Å². The van der Waals surface area contributed by atoms with Crippen molar-refractivity contribution in [2.45, 2.75) is 6.92 Å². The van der Waals surface area contributed by atoms with Crippen molar-refractivity contribution in [3.8, 4) is 11.4 Å². The summed E-state index contributed by atoms with van der Waals surface area (Å²) >= 11 is 6.19. The molecule has 0 fully saturated rings. The van der Waals surface area contributed by atoms with E-state index in [0.717, 1.165) is 16.9 Å². The molecule has 1 heterocycles. The molecule has 3 aromatic rings. The summed E-state index contributed by atoms with van der Waals surface area (Å²) in [6, 6.07) is 13.7. The molecule has 0 aliphatic carbocycles. The maximum Gasteiger partial charge on any atom is 0.339 e. The molecule has 0 spiro atoms. The number of halogens is 1. The highest BCUT2D eigenvalue weighted by molar-refractivity contribution is 6.31. The zero-order valence-corrected chi connectivity index (χ0v) is 14.1. The predicted octanol–water partition coefficient (Wildman–Crippen LogP) is 4.59. The lowest BCUT2D eigenvalue weighted by Crippen LogP contribution is -1.98. The molecule has 2 aromatic carbocycles. The van der Waals surface area contributed by atoms with Gasteiger partial charge in [0, 0.05) is 16.9 Å². The molecule has 6 heteroatoms. The van der Waals surface area contributed by atoms with Gasteiger partial charge in [0.25, 0.3) is 0 Å². The second-order valence-corrected chi connectivity index (χ2v) is 5.91. The Bertz CT molecular complexity index is 977. The molecule has 0 aliphatic heterocycles. The molecule has 0 saturated heterocycles. The standard InChI is InChI=1S/C19H15ClN2O3/c1-12-4-6-14(10-17(12)20)22-8-2-3-15(22)11-21-13-5-7-18(23)16(9-13)19(24)25/h2-11,23H,1H3,(H,24,25). The van der Waals surface area contributed by atoms with Gasteiger partial charge in [0.15, 0.2) is 0 Å². The number of aliphatic imine (C=N–C) groups is 1. The van der Waals surface area contributed by atoms with Crippen LogP contribution in [-0.4, -0.2) is 27.0 Å². The molecule has 0 aliphatic rings. The number of carboxylic acid groups (broad SMARTS) is 1. The van der Waals surface area contributed by atoms with Crippen LogP contribution in [0, 0.1) is 6.92 Å². The van der Waals surface area contributed by atoms with Crippen molar-refractivity contribution >= 4 is 29.5 Å². The van der Waals surface area contributed by atoms with Crippen LogP contribution in [0.5, 0.6) is 5.75 Å². The third-order valence-electron chi connectivity index (χ3n) is 3.77. The maximum atomic E-state index is 11.1. The summed E-state index contributed by atoms with van der Waals surface area (Å²) in [6.45, 7) is 1.94. The molecule has 5 nitrogen and oxygen atoms in total. The lowest BCUT2D eigenvalue weighted by atomic mass is 10.2. The zero-order valence-electron chi connectivity index (χ0n) is 13.3. The normalized spacial score (nSPS) is 11.1. The fourth-order valence-electron chi connectivity index (χ4n) is 2.38. The van der Waals surface area contributed by atoms with E-state index in [9.17, 15) is 9.90 Å². The fraction of sp³-hybridized carbons (Fsp3) is 0.0526. The minimum atomic E-state index is -1.20. The lowest BCUT2D eigenvalue weighted by Gasteiger charge is -2.08. The first-order valence-corrected chi connectivity index (χ1v) is 7.88. The Morgan fingerprint density at radius 2 is 2.00 bits per heavy atom. The third kappa shape index (κ3) is 3.56. The first-order valence-electron chi connectivity index (χ1n) is 7.50. The third-order valence-corrected chi connectivity index (χ3v) is 4.18. The molecular formula is C19H15ClN2O3. The Morgan fingerprint density at radius 1 is 1.20 bits per heavy atom. The Labute approximate surface area is 149 Å². The van der Waals surface area contributed by atoms with Crippen LogP contribution in [-0.2, 0) is 0 Å². The number of rotatable bonds is 4. The second kappa shape index (κ2) is 6.83. The minimum absolute atomic E-state index is 0.185. The lowest BCUT2D eigenvalue weighted by molar-refractivity contribution is 0.0694. The van der Waals surface area contributed by atoms with Crippen LogP contribution < -0.4 is 0 Å². The van der Waals surface area contributed by atoms with Crippen molar-refractivity contribution in [2.75, 3.05) is 0 Å². The van der Waals surface area contributed by atoms with Crippen molar-refractivity contribution in [1.82, 2.24) is 4.57 Å². The van der Waals surface area contributed by atoms with E-state index >= 15 is 0 Å². The SMILES string of the molecule is Cc1ccc(-n2cccc2C=Nc2ccc(O)c(C(=O)O)c2)cc1Cl. The molecule has 0 unspecified atom stereocenters. The van der Waals surface area contributed by atoms with E-state index in [1.165, 1.54) is 12.1 Å². The van der Waals surface area contributed by atoms with Crippen molar-refractivity contribution in [3.63, 3.8) is 0 Å². The van der Waals surface area contributed by atoms with Crippen LogP contribution in [0.1, 0.15) is 21.6 Å². The molecule has 25 heavy (non-hydrogen) atoms. The molecule has 3 rings (SSSR count). The zero-order chi connectivity index (χ0) is 18.0. The second-order valence-electron chi connectivity index (χ2n) is 5.50. The fourth-order valence-corrected chi connectivity index (χ4v) is 2.56. The minimum Gasteiger partial charge on any atom is -0.507 e. The molecule has 0 radical (unpaired) electrons. The summed E-state index contributed by atoms with van der Waals surface area (Å²) in [4.78, 5) is 15.4. The van der Waals surface area contributed by atoms with E-state index < -0.39 is 5.97 Å². The number of hydrogen-bond acceptors (Lipinski definition) is 3. The number of nitrogens with zero attached hydrogens (tertiary/aromatic N) is 2. The molecular weight excluding hydrogens is 340 g/mol. The van der Waals surface area contributed by atoms with E-state index in [1.54, 1.807) is 12.3 Å². The summed E-state index contributed by atoms with van der Waals surface area (Å²) in [5, 5.41) is 19.3. The molecule has 0 atom stereocenters. The van der Waals surface area contributed by atoms with E-state index in [1.807, 2.05) is 48.0 Å². The Balaban J connectivity index is 1.93. The predicted molar refractivity (Wildman–Crippen MR) is 97.8 cm³/mol. The number of hydrogen-bond donors (Lipinski definition) is 2. The summed E-state index contributed by atoms with van der Waals surface area (Å²) in [6.07, 6.45) is 3.52. The Morgan fingerprint density at radius 3 is 2.72 bits per heavy atom. The molecule has 0 amide bonds. The summed E-state index contributed by atoms with van der Waals surface area (Å²) in [5.41, 5.74) is 2.96. The molecule has 0 bridgehead atoms. The van der Waals surface area contributed by atoms with E-state index in [-0.39, 0.29) is 11.3 Å². The first kappa shape index (κ1) is 16.8. The summed E-state index contributed by atoms with van der Waals surface area (Å²) < 4.78 is 1.92. The van der Waals surface area contributed by atoms with Gasteiger partial charge >= 0.3 is 5.97 Å². The number of carboxylic acids is 1. The van der Waals surface area contributed by atoms with Crippen molar-refractivity contribution in [2.24, 2.45) is 4.99 Å². The number of aromatic nitrogens is 1. The summed E-state index contributed by atoms with van der Waals surface area (Å²) in [7, 11) is 0. The Hall–Kier alpha value is -3.05. The van der Waals surface area contributed by atoms with Crippen molar-refractivity contribution < 1.29 is 15.0 Å². The van der Waals surface area contributed by atoms with Gasteiger partial charge < -0.3 is 14.8 Å². The van der Waals surface area contributed by atoms with Gasteiger partial charge in [-0.3, -0.25) is 4.99 Å². The van der Waals surface area contributed by atoms with Crippen molar-refractivity contribution in [3.05, 3.63) is 76.6 Å². The van der Waals surface area contributed by atoms with Gasteiger partial charge in [-0.1, -0.05) is 17.7 Å². The number of aromatic hydroxyl groups is 1. The number of phenols is 1. The molecule has 2 N–H and O–H groups in total. The van der Waals surface area contributed by atoms with E-state index in [4.69, 9.17) is 16.7 Å². The smallest absolute Gasteiger partial charge is 0.339 e. The monoisotopic (exact) mass is 354 g/mol. The number of carbonyl (C=O) groups is 1. The van der Waals surface area contributed by atoms with Gasteiger partial charge in [-0.2, -0.15) is 0 Å². The molecule has 0 saturated carbocycles. The molecule has 126 valence electrons. The first-order chi connectivity index (χ1) is 12.0. The van der Waals surface area contributed by atoms with Gasteiger partial charge in [0.2, 0.25) is 0 Å². The highest BCUT2D eigenvalue weighted by atomic mass is 35.5. The molecule has 1 aromatic heterocycles. The van der Waals surface area contributed by atoms with Crippen LogP contribution in [0.3, 0.4) is 0 Å². The van der Waals surface area contributed by atoms with Crippen LogP contribution >= 0.6 is 11.6 Å². The van der Waals surface area contributed by atoms with Gasteiger partial charge in [0.1, 0.15) is 11.3 Å².